The maximum Gasteiger partial charge on any atom is 0.0861 e. The fourth-order valence-electron chi connectivity index (χ4n) is 2.50. The fraction of sp³-hybridized carbons (Fsp3) is 0.188. The van der Waals surface area contributed by atoms with Crippen molar-refractivity contribution >= 4 is 38.4 Å². The number of halogens is 2. The summed E-state index contributed by atoms with van der Waals surface area (Å²) in [5.41, 5.74) is 2.64. The van der Waals surface area contributed by atoms with Gasteiger partial charge in [0.25, 0.3) is 0 Å². The molecule has 3 aromatic rings. The molecule has 1 atom stereocenters. The van der Waals surface area contributed by atoms with Crippen molar-refractivity contribution < 1.29 is 5.11 Å². The summed E-state index contributed by atoms with van der Waals surface area (Å²) in [6.45, 7) is 0. The Kier molecular flexibility index (Phi) is 4.02. The van der Waals surface area contributed by atoms with Gasteiger partial charge in [-0.3, -0.25) is 4.68 Å². The topological polar surface area (TPSA) is 38.0 Å². The van der Waals surface area contributed by atoms with E-state index in [4.69, 9.17) is 11.6 Å². The highest BCUT2D eigenvalue weighted by Crippen LogP contribution is 2.30. The summed E-state index contributed by atoms with van der Waals surface area (Å²) in [5.74, 6) is 0. The molecule has 0 radical (unpaired) electrons. The molecule has 3 rings (SSSR count). The van der Waals surface area contributed by atoms with Gasteiger partial charge >= 0.3 is 0 Å². The minimum Gasteiger partial charge on any atom is -0.388 e. The SMILES string of the molecule is Cn1nc(CC(O)c2cc(Br)ccc2Cl)c2ccccc21. The number of aliphatic hydroxyl groups excluding tert-OH is 1. The van der Waals surface area contributed by atoms with Crippen LogP contribution in [-0.2, 0) is 13.5 Å². The van der Waals surface area contributed by atoms with Gasteiger partial charge in [0.15, 0.2) is 0 Å². The van der Waals surface area contributed by atoms with E-state index in [1.54, 1.807) is 6.07 Å². The van der Waals surface area contributed by atoms with E-state index >= 15 is 0 Å². The molecular formula is C16H14BrClN2O. The second kappa shape index (κ2) is 5.79. The Labute approximate surface area is 136 Å². The third kappa shape index (κ3) is 2.84. The first kappa shape index (κ1) is 14.6. The van der Waals surface area contributed by atoms with Gasteiger partial charge in [0.1, 0.15) is 0 Å². The Morgan fingerprint density at radius 1 is 1.29 bits per heavy atom. The van der Waals surface area contributed by atoms with Crippen molar-refractivity contribution in [3.05, 3.63) is 63.2 Å². The molecule has 0 fully saturated rings. The van der Waals surface area contributed by atoms with Crippen LogP contribution in [0.25, 0.3) is 10.9 Å². The van der Waals surface area contributed by atoms with Gasteiger partial charge < -0.3 is 5.11 Å². The average Bonchev–Trinajstić information content (AvgIpc) is 2.78. The summed E-state index contributed by atoms with van der Waals surface area (Å²) in [5, 5.41) is 16.6. The predicted octanol–water partition coefficient (Wildman–Crippen LogP) is 4.27. The Morgan fingerprint density at radius 3 is 2.86 bits per heavy atom. The predicted molar refractivity (Wildman–Crippen MR) is 88.5 cm³/mol. The summed E-state index contributed by atoms with van der Waals surface area (Å²) in [6, 6.07) is 13.5. The molecule has 1 unspecified atom stereocenters. The molecule has 1 N–H and O–H groups in total. The molecule has 3 nitrogen and oxygen atoms in total. The maximum absolute atomic E-state index is 10.5. The molecule has 0 aliphatic carbocycles. The lowest BCUT2D eigenvalue weighted by Crippen LogP contribution is -2.04. The van der Waals surface area contributed by atoms with Crippen LogP contribution in [0.5, 0.6) is 0 Å². The van der Waals surface area contributed by atoms with Crippen molar-refractivity contribution in [2.24, 2.45) is 7.05 Å². The van der Waals surface area contributed by atoms with E-state index in [1.165, 1.54) is 0 Å². The largest absolute Gasteiger partial charge is 0.388 e. The molecule has 0 aliphatic heterocycles. The van der Waals surface area contributed by atoms with Crippen LogP contribution < -0.4 is 0 Å². The molecule has 0 amide bonds. The smallest absolute Gasteiger partial charge is 0.0861 e. The maximum atomic E-state index is 10.5. The molecule has 0 spiro atoms. The van der Waals surface area contributed by atoms with Gasteiger partial charge in [0.2, 0.25) is 0 Å². The van der Waals surface area contributed by atoms with Crippen molar-refractivity contribution in [2.75, 3.05) is 0 Å². The minimum absolute atomic E-state index is 0.428. The molecule has 1 aromatic heterocycles. The van der Waals surface area contributed by atoms with E-state index in [9.17, 15) is 5.11 Å². The first-order chi connectivity index (χ1) is 10.1. The molecule has 5 heteroatoms. The van der Waals surface area contributed by atoms with Crippen LogP contribution in [0.1, 0.15) is 17.4 Å². The minimum atomic E-state index is -0.687. The van der Waals surface area contributed by atoms with Gasteiger partial charge in [-0.25, -0.2) is 0 Å². The van der Waals surface area contributed by atoms with Crippen molar-refractivity contribution in [1.82, 2.24) is 9.78 Å². The lowest BCUT2D eigenvalue weighted by Gasteiger charge is -2.12. The molecule has 21 heavy (non-hydrogen) atoms. The summed E-state index contributed by atoms with van der Waals surface area (Å²) < 4.78 is 2.73. The number of fused-ring (bicyclic) bond motifs is 1. The van der Waals surface area contributed by atoms with E-state index in [-0.39, 0.29) is 0 Å². The van der Waals surface area contributed by atoms with Crippen molar-refractivity contribution in [3.8, 4) is 0 Å². The van der Waals surface area contributed by atoms with E-state index in [2.05, 4.69) is 21.0 Å². The lowest BCUT2D eigenvalue weighted by molar-refractivity contribution is 0.177. The highest BCUT2D eigenvalue weighted by molar-refractivity contribution is 9.10. The zero-order valence-electron chi connectivity index (χ0n) is 11.4. The number of aryl methyl sites for hydroxylation is 1. The highest BCUT2D eigenvalue weighted by atomic mass is 79.9. The number of nitrogens with zero attached hydrogens (tertiary/aromatic N) is 2. The molecular weight excluding hydrogens is 352 g/mol. The first-order valence-electron chi connectivity index (χ1n) is 6.60. The average molecular weight is 366 g/mol. The van der Waals surface area contributed by atoms with Crippen LogP contribution in [0.4, 0.5) is 0 Å². The Morgan fingerprint density at radius 2 is 2.05 bits per heavy atom. The Balaban J connectivity index is 1.96. The van der Waals surface area contributed by atoms with Crippen molar-refractivity contribution in [1.29, 1.82) is 0 Å². The summed E-state index contributed by atoms with van der Waals surface area (Å²) in [7, 11) is 1.91. The van der Waals surface area contributed by atoms with Crippen LogP contribution in [0.3, 0.4) is 0 Å². The van der Waals surface area contributed by atoms with Crippen LogP contribution >= 0.6 is 27.5 Å². The van der Waals surface area contributed by atoms with Gasteiger partial charge in [-0.05, 0) is 24.3 Å². The molecule has 2 aromatic carbocycles. The number of aromatic nitrogens is 2. The monoisotopic (exact) mass is 364 g/mol. The number of para-hydroxylation sites is 1. The quantitative estimate of drug-likeness (QED) is 0.753. The first-order valence-corrected chi connectivity index (χ1v) is 7.77. The van der Waals surface area contributed by atoms with Crippen molar-refractivity contribution in [2.45, 2.75) is 12.5 Å². The molecule has 0 bridgehead atoms. The van der Waals surface area contributed by atoms with Gasteiger partial charge in [-0.15, -0.1) is 0 Å². The third-order valence-corrected chi connectivity index (χ3v) is 4.38. The molecule has 1 heterocycles. The van der Waals surface area contributed by atoms with Gasteiger partial charge in [-0.1, -0.05) is 45.7 Å². The molecule has 0 saturated heterocycles. The Hall–Kier alpha value is -1.36. The Bertz CT molecular complexity index is 800. The molecule has 0 aliphatic rings. The van der Waals surface area contributed by atoms with E-state index < -0.39 is 6.10 Å². The van der Waals surface area contributed by atoms with Crippen molar-refractivity contribution in [3.63, 3.8) is 0 Å². The fourth-order valence-corrected chi connectivity index (χ4v) is 3.12. The van der Waals surface area contributed by atoms with Crippen LogP contribution in [0.2, 0.25) is 5.02 Å². The third-order valence-electron chi connectivity index (χ3n) is 3.54. The number of rotatable bonds is 3. The second-order valence-electron chi connectivity index (χ2n) is 4.97. The number of aliphatic hydroxyl groups is 1. The van der Waals surface area contributed by atoms with Gasteiger partial charge in [0, 0.05) is 33.9 Å². The van der Waals surface area contributed by atoms with E-state index in [0.29, 0.717) is 17.0 Å². The number of hydrogen-bond acceptors (Lipinski definition) is 2. The molecule has 0 saturated carbocycles. The van der Waals surface area contributed by atoms with E-state index in [0.717, 1.165) is 21.1 Å². The highest BCUT2D eigenvalue weighted by Gasteiger charge is 2.17. The van der Waals surface area contributed by atoms with E-state index in [1.807, 2.05) is 48.1 Å². The van der Waals surface area contributed by atoms with Gasteiger partial charge in [0.05, 0.1) is 17.3 Å². The summed E-state index contributed by atoms with van der Waals surface area (Å²) >= 11 is 9.58. The van der Waals surface area contributed by atoms with Crippen LogP contribution in [0.15, 0.2) is 46.9 Å². The van der Waals surface area contributed by atoms with Gasteiger partial charge in [-0.2, -0.15) is 5.10 Å². The van der Waals surface area contributed by atoms with Crippen LogP contribution in [-0.4, -0.2) is 14.9 Å². The zero-order valence-corrected chi connectivity index (χ0v) is 13.8. The second-order valence-corrected chi connectivity index (χ2v) is 6.30. The normalized spacial score (nSPS) is 12.8. The lowest BCUT2D eigenvalue weighted by atomic mass is 10.0. The standard InChI is InChI=1S/C16H14BrClN2O/c1-20-15-5-3-2-4-11(15)14(19-20)9-16(21)12-8-10(17)6-7-13(12)18/h2-8,16,21H,9H2,1H3. The molecule has 108 valence electrons. The number of hydrogen-bond donors (Lipinski definition) is 1. The summed E-state index contributed by atoms with van der Waals surface area (Å²) in [4.78, 5) is 0. The van der Waals surface area contributed by atoms with Crippen LogP contribution in [0, 0.1) is 0 Å². The summed E-state index contributed by atoms with van der Waals surface area (Å²) in [6.07, 6.45) is -0.259. The number of benzene rings is 2. The zero-order chi connectivity index (χ0) is 15.0.